The van der Waals surface area contributed by atoms with Gasteiger partial charge in [0.25, 0.3) is 0 Å². The molecule has 4 nitrogen and oxygen atoms in total. The molecule has 0 aliphatic rings. The van der Waals surface area contributed by atoms with Crippen LogP contribution in [0.4, 0.5) is 0 Å². The lowest BCUT2D eigenvalue weighted by Crippen LogP contribution is -1.78. The Labute approximate surface area is 135 Å². The Hall–Kier alpha value is -3.01. The smallest absolute Gasteiger partial charge is 0.0492 e. The van der Waals surface area contributed by atoms with Crippen LogP contribution < -0.4 is 0 Å². The van der Waals surface area contributed by atoms with Gasteiger partial charge in [0.05, 0.1) is 0 Å². The number of fused-ring (bicyclic) bond motifs is 1. The number of pyridine rings is 3. The van der Waals surface area contributed by atoms with Crippen LogP contribution in [0.3, 0.4) is 0 Å². The van der Waals surface area contributed by atoms with E-state index in [-0.39, 0.29) is 0 Å². The normalized spacial score (nSPS) is 10.2. The molecule has 1 N–H and O–H groups in total. The zero-order chi connectivity index (χ0) is 16.1. The predicted octanol–water partition coefficient (Wildman–Crippen LogP) is 4.32. The van der Waals surface area contributed by atoms with Crippen molar-refractivity contribution >= 4 is 10.9 Å². The fraction of sp³-hybridized carbons (Fsp3) is 0.105. The van der Waals surface area contributed by atoms with E-state index in [0.29, 0.717) is 0 Å². The molecule has 0 aliphatic carbocycles. The molecule has 0 amide bonds. The summed E-state index contributed by atoms with van der Waals surface area (Å²) in [5.74, 6) is 0. The van der Waals surface area contributed by atoms with Gasteiger partial charge in [-0.15, -0.1) is 0 Å². The molecule has 23 heavy (non-hydrogen) atoms. The predicted molar refractivity (Wildman–Crippen MR) is 93.0 cm³/mol. The number of aryl methyl sites for hydroxylation is 2. The summed E-state index contributed by atoms with van der Waals surface area (Å²) in [6.07, 6.45) is 9.06. The van der Waals surface area contributed by atoms with Crippen molar-refractivity contribution in [2.45, 2.75) is 13.8 Å². The quantitative estimate of drug-likeness (QED) is 0.569. The van der Waals surface area contributed by atoms with Gasteiger partial charge in [0, 0.05) is 58.8 Å². The highest BCUT2D eigenvalue weighted by Gasteiger charge is 2.04. The minimum Gasteiger partial charge on any atom is -0.354 e. The lowest BCUT2D eigenvalue weighted by atomic mass is 10.2. The van der Waals surface area contributed by atoms with E-state index in [1.54, 1.807) is 12.4 Å². The van der Waals surface area contributed by atoms with E-state index < -0.39 is 0 Å². The molecule has 4 heteroatoms. The van der Waals surface area contributed by atoms with E-state index >= 15 is 0 Å². The zero-order valence-electron chi connectivity index (χ0n) is 13.2. The highest BCUT2D eigenvalue weighted by molar-refractivity contribution is 5.87. The third-order valence-corrected chi connectivity index (χ3v) is 3.53. The lowest BCUT2D eigenvalue weighted by molar-refractivity contribution is 1.23. The van der Waals surface area contributed by atoms with Gasteiger partial charge in [-0.3, -0.25) is 15.0 Å². The van der Waals surface area contributed by atoms with Crippen molar-refractivity contribution in [3.05, 3.63) is 78.6 Å². The summed E-state index contributed by atoms with van der Waals surface area (Å²) in [6, 6.07) is 12.0. The van der Waals surface area contributed by atoms with Crippen molar-refractivity contribution in [3.63, 3.8) is 0 Å². The monoisotopic (exact) mass is 302 g/mol. The van der Waals surface area contributed by atoms with E-state index in [9.17, 15) is 0 Å². The van der Waals surface area contributed by atoms with E-state index in [1.165, 1.54) is 10.9 Å². The van der Waals surface area contributed by atoms with E-state index in [4.69, 9.17) is 0 Å². The number of nitrogens with zero attached hydrogens (tertiary/aromatic N) is 3. The molecule has 0 spiro atoms. The Kier molecular flexibility index (Phi) is 4.43. The van der Waals surface area contributed by atoms with Crippen molar-refractivity contribution in [3.8, 4) is 11.3 Å². The van der Waals surface area contributed by atoms with Gasteiger partial charge in [-0.1, -0.05) is 6.07 Å². The van der Waals surface area contributed by atoms with Crippen LogP contribution in [0.25, 0.3) is 22.2 Å². The van der Waals surface area contributed by atoms with Crippen LogP contribution >= 0.6 is 0 Å². The molecule has 0 saturated carbocycles. The number of rotatable bonds is 1. The second-order valence-corrected chi connectivity index (χ2v) is 5.31. The van der Waals surface area contributed by atoms with Gasteiger partial charge in [-0.05, 0) is 49.7 Å². The first-order valence-electron chi connectivity index (χ1n) is 7.45. The summed E-state index contributed by atoms with van der Waals surface area (Å²) in [4.78, 5) is 15.7. The van der Waals surface area contributed by atoms with Gasteiger partial charge in [0.15, 0.2) is 0 Å². The number of aromatic amines is 1. The molecule has 4 aromatic heterocycles. The molecule has 0 fully saturated rings. The Bertz CT molecular complexity index is 883. The summed E-state index contributed by atoms with van der Waals surface area (Å²) < 4.78 is 0. The summed E-state index contributed by atoms with van der Waals surface area (Å²) in [5.41, 5.74) is 5.55. The van der Waals surface area contributed by atoms with Crippen LogP contribution in [0.5, 0.6) is 0 Å². The average Bonchev–Trinajstić information content (AvgIpc) is 3.03. The summed E-state index contributed by atoms with van der Waals surface area (Å²) in [7, 11) is 0. The number of aromatic nitrogens is 4. The van der Waals surface area contributed by atoms with Gasteiger partial charge in [0.1, 0.15) is 0 Å². The summed E-state index contributed by atoms with van der Waals surface area (Å²) in [5, 5.41) is 1.17. The zero-order valence-corrected chi connectivity index (χ0v) is 13.2. The fourth-order valence-corrected chi connectivity index (χ4v) is 2.32. The standard InChI is InChI=1S/C13H11N3.C6H7N/c1-9-11-7-13(10-3-2-5-14-8-10)16-12(11)4-6-15-9;1-6-3-2-4-7-5-6/h2-8,16H,1H3;2-5H,1H3. The topological polar surface area (TPSA) is 54.5 Å². The summed E-state index contributed by atoms with van der Waals surface area (Å²) >= 11 is 0. The Balaban J connectivity index is 0.000000188. The largest absolute Gasteiger partial charge is 0.354 e. The van der Waals surface area contributed by atoms with Crippen molar-refractivity contribution in [1.82, 2.24) is 19.9 Å². The minimum atomic E-state index is 1.05. The molecule has 114 valence electrons. The Morgan fingerprint density at radius 3 is 2.22 bits per heavy atom. The maximum absolute atomic E-state index is 4.28. The highest BCUT2D eigenvalue weighted by atomic mass is 14.8. The van der Waals surface area contributed by atoms with Crippen molar-refractivity contribution in [2.75, 3.05) is 0 Å². The Morgan fingerprint density at radius 2 is 1.65 bits per heavy atom. The fourth-order valence-electron chi connectivity index (χ4n) is 2.32. The van der Waals surface area contributed by atoms with Gasteiger partial charge in [-0.2, -0.15) is 0 Å². The molecular formula is C19H18N4. The molecule has 4 aromatic rings. The van der Waals surface area contributed by atoms with Gasteiger partial charge in [-0.25, -0.2) is 0 Å². The third kappa shape index (κ3) is 3.61. The van der Waals surface area contributed by atoms with Crippen molar-refractivity contribution in [2.24, 2.45) is 0 Å². The number of hydrogen-bond acceptors (Lipinski definition) is 3. The van der Waals surface area contributed by atoms with Gasteiger partial charge >= 0.3 is 0 Å². The van der Waals surface area contributed by atoms with Crippen LogP contribution in [0, 0.1) is 13.8 Å². The molecular weight excluding hydrogens is 284 g/mol. The number of H-pyrrole nitrogens is 1. The minimum absolute atomic E-state index is 1.05. The number of hydrogen-bond donors (Lipinski definition) is 1. The molecule has 0 aliphatic heterocycles. The molecule has 4 heterocycles. The summed E-state index contributed by atoms with van der Waals surface area (Å²) in [6.45, 7) is 4.04. The highest BCUT2D eigenvalue weighted by Crippen LogP contribution is 2.24. The lowest BCUT2D eigenvalue weighted by Gasteiger charge is -1.94. The van der Waals surface area contributed by atoms with Crippen LogP contribution in [-0.4, -0.2) is 19.9 Å². The molecule has 0 bridgehead atoms. The first-order valence-corrected chi connectivity index (χ1v) is 7.45. The average molecular weight is 302 g/mol. The van der Waals surface area contributed by atoms with Gasteiger partial charge in [0.2, 0.25) is 0 Å². The van der Waals surface area contributed by atoms with E-state index in [2.05, 4.69) is 26.0 Å². The Morgan fingerprint density at radius 1 is 0.870 bits per heavy atom. The molecule has 0 saturated heterocycles. The van der Waals surface area contributed by atoms with Crippen molar-refractivity contribution < 1.29 is 0 Å². The second-order valence-electron chi connectivity index (χ2n) is 5.31. The van der Waals surface area contributed by atoms with E-state index in [1.807, 2.05) is 62.8 Å². The maximum Gasteiger partial charge on any atom is 0.0492 e. The number of nitrogens with one attached hydrogen (secondary N) is 1. The van der Waals surface area contributed by atoms with Crippen LogP contribution in [0.15, 0.2) is 67.4 Å². The SMILES string of the molecule is Cc1cccnc1.Cc1nccc2[nH]c(-c3cccnc3)cc12. The van der Waals surface area contributed by atoms with Gasteiger partial charge < -0.3 is 4.98 Å². The van der Waals surface area contributed by atoms with Crippen molar-refractivity contribution in [1.29, 1.82) is 0 Å². The molecule has 0 unspecified atom stereocenters. The van der Waals surface area contributed by atoms with Crippen LogP contribution in [-0.2, 0) is 0 Å². The molecule has 4 rings (SSSR count). The molecule has 0 atom stereocenters. The first kappa shape index (κ1) is 14.9. The molecule has 0 radical (unpaired) electrons. The van der Waals surface area contributed by atoms with Crippen LogP contribution in [0.1, 0.15) is 11.3 Å². The maximum atomic E-state index is 4.28. The second kappa shape index (κ2) is 6.83. The first-order chi connectivity index (χ1) is 11.2. The molecule has 0 aromatic carbocycles. The third-order valence-electron chi connectivity index (χ3n) is 3.53. The van der Waals surface area contributed by atoms with E-state index in [0.717, 1.165) is 22.5 Å². The van der Waals surface area contributed by atoms with Crippen LogP contribution in [0.2, 0.25) is 0 Å².